The van der Waals surface area contributed by atoms with Gasteiger partial charge in [-0.05, 0) is 30.3 Å². The smallest absolute Gasteiger partial charge is 0.264 e. The summed E-state index contributed by atoms with van der Waals surface area (Å²) < 4.78 is 5.43. The molecule has 0 atom stereocenters. The lowest BCUT2D eigenvalue weighted by atomic mass is 10.1. The topological polar surface area (TPSA) is 84.4 Å². The molecule has 0 aliphatic carbocycles. The van der Waals surface area contributed by atoms with Gasteiger partial charge in [0.2, 0.25) is 0 Å². The molecule has 4 rings (SSSR count). The van der Waals surface area contributed by atoms with Crippen LogP contribution >= 0.6 is 11.3 Å². The zero-order valence-electron chi connectivity index (χ0n) is 13.8. The van der Waals surface area contributed by atoms with E-state index >= 15 is 0 Å². The highest BCUT2D eigenvalue weighted by atomic mass is 32.1. The van der Waals surface area contributed by atoms with Crippen LogP contribution in [0.1, 0.15) is 10.4 Å². The van der Waals surface area contributed by atoms with Gasteiger partial charge in [0.25, 0.3) is 11.8 Å². The average molecular weight is 366 g/mol. The molecule has 3 heterocycles. The second-order valence-corrected chi connectivity index (χ2v) is 6.51. The number of carbonyl (C=O) groups excluding carboxylic acids is 2. The number of hydrogen-bond donors (Lipinski definition) is 1. The van der Waals surface area contributed by atoms with Crippen molar-refractivity contribution in [3.05, 3.63) is 53.7 Å². The van der Waals surface area contributed by atoms with Gasteiger partial charge in [-0.1, -0.05) is 0 Å². The SMILES string of the molecule is CN1C(=O)COc2ccc(-c3csc(NC(=O)c4ccncc4)n3)cc21. The molecule has 0 saturated heterocycles. The summed E-state index contributed by atoms with van der Waals surface area (Å²) in [6, 6.07) is 8.84. The summed E-state index contributed by atoms with van der Waals surface area (Å²) >= 11 is 1.34. The average Bonchev–Trinajstić information content (AvgIpc) is 3.14. The van der Waals surface area contributed by atoms with Crippen LogP contribution in [0.2, 0.25) is 0 Å². The maximum Gasteiger partial charge on any atom is 0.264 e. The summed E-state index contributed by atoms with van der Waals surface area (Å²) in [5.41, 5.74) is 2.78. The van der Waals surface area contributed by atoms with Crippen LogP contribution in [-0.4, -0.2) is 35.4 Å². The third kappa shape index (κ3) is 3.02. The van der Waals surface area contributed by atoms with Crippen molar-refractivity contribution in [3.63, 3.8) is 0 Å². The Hall–Kier alpha value is -3.26. The summed E-state index contributed by atoms with van der Waals surface area (Å²) in [7, 11) is 1.72. The Bertz CT molecular complexity index is 987. The molecule has 0 radical (unpaired) electrons. The standard InChI is InChI=1S/C18H14N4O3S/c1-22-14-8-12(2-3-15(14)25-9-16(22)23)13-10-26-18(20-13)21-17(24)11-4-6-19-7-5-11/h2-8,10H,9H2,1H3,(H,20,21,24). The van der Waals surface area contributed by atoms with Crippen molar-refractivity contribution in [1.82, 2.24) is 9.97 Å². The minimum Gasteiger partial charge on any atom is -0.482 e. The second kappa shape index (κ2) is 6.57. The van der Waals surface area contributed by atoms with Crippen LogP contribution in [0.15, 0.2) is 48.1 Å². The quantitative estimate of drug-likeness (QED) is 0.770. The molecule has 3 aromatic rings. The van der Waals surface area contributed by atoms with E-state index in [2.05, 4.69) is 15.3 Å². The van der Waals surface area contributed by atoms with Gasteiger partial charge in [0.15, 0.2) is 11.7 Å². The van der Waals surface area contributed by atoms with E-state index in [0.29, 0.717) is 27.8 Å². The number of nitrogens with one attached hydrogen (secondary N) is 1. The molecule has 0 bridgehead atoms. The van der Waals surface area contributed by atoms with Crippen molar-refractivity contribution >= 4 is 34.0 Å². The Morgan fingerprint density at radius 1 is 1.27 bits per heavy atom. The van der Waals surface area contributed by atoms with Gasteiger partial charge in [-0.25, -0.2) is 4.98 Å². The fourth-order valence-electron chi connectivity index (χ4n) is 2.57. The Kier molecular flexibility index (Phi) is 4.10. The molecule has 0 fully saturated rings. The van der Waals surface area contributed by atoms with Crippen LogP contribution in [0.4, 0.5) is 10.8 Å². The lowest BCUT2D eigenvalue weighted by Gasteiger charge is -2.26. The molecule has 1 N–H and O–H groups in total. The largest absolute Gasteiger partial charge is 0.482 e. The molecule has 0 unspecified atom stereocenters. The first-order chi connectivity index (χ1) is 12.6. The van der Waals surface area contributed by atoms with Gasteiger partial charge < -0.3 is 9.64 Å². The van der Waals surface area contributed by atoms with Gasteiger partial charge >= 0.3 is 0 Å². The Morgan fingerprint density at radius 2 is 2.08 bits per heavy atom. The van der Waals surface area contributed by atoms with Crippen LogP contribution in [-0.2, 0) is 4.79 Å². The maximum atomic E-state index is 12.2. The first-order valence-corrected chi connectivity index (χ1v) is 8.70. The fraction of sp³-hybridized carbons (Fsp3) is 0.111. The monoisotopic (exact) mass is 366 g/mol. The van der Waals surface area contributed by atoms with Gasteiger partial charge in [0.05, 0.1) is 11.4 Å². The molecule has 2 aromatic heterocycles. The van der Waals surface area contributed by atoms with Crippen molar-refractivity contribution in [3.8, 4) is 17.0 Å². The zero-order chi connectivity index (χ0) is 18.1. The molecular weight excluding hydrogens is 352 g/mol. The molecule has 26 heavy (non-hydrogen) atoms. The van der Waals surface area contributed by atoms with Gasteiger partial charge in [-0.2, -0.15) is 0 Å². The Labute approximate surface area is 153 Å². The van der Waals surface area contributed by atoms with E-state index in [1.54, 1.807) is 36.5 Å². The number of fused-ring (bicyclic) bond motifs is 1. The lowest BCUT2D eigenvalue weighted by Crippen LogP contribution is -2.35. The number of hydrogen-bond acceptors (Lipinski definition) is 6. The van der Waals surface area contributed by atoms with Crippen molar-refractivity contribution in [1.29, 1.82) is 0 Å². The summed E-state index contributed by atoms with van der Waals surface area (Å²) in [4.78, 5) is 33.9. The minimum absolute atomic E-state index is 0.0464. The van der Waals surface area contributed by atoms with Gasteiger partial charge in [-0.3, -0.25) is 19.9 Å². The molecule has 7 nitrogen and oxygen atoms in total. The first-order valence-electron chi connectivity index (χ1n) is 7.82. The predicted molar refractivity (Wildman–Crippen MR) is 98.6 cm³/mol. The third-order valence-corrected chi connectivity index (χ3v) is 4.77. The number of benzene rings is 1. The number of amides is 2. The van der Waals surface area contributed by atoms with Crippen molar-refractivity contribution in [2.75, 3.05) is 23.9 Å². The van der Waals surface area contributed by atoms with Crippen LogP contribution in [0.5, 0.6) is 5.75 Å². The number of aromatic nitrogens is 2. The predicted octanol–water partition coefficient (Wildman–Crippen LogP) is 2.81. The van der Waals surface area contributed by atoms with E-state index < -0.39 is 0 Å². The number of thiazole rings is 1. The van der Waals surface area contributed by atoms with E-state index in [-0.39, 0.29) is 18.4 Å². The summed E-state index contributed by atoms with van der Waals surface area (Å²) in [5.74, 6) is 0.327. The Morgan fingerprint density at radius 3 is 2.88 bits per heavy atom. The first kappa shape index (κ1) is 16.2. The number of nitrogens with zero attached hydrogens (tertiary/aromatic N) is 3. The minimum atomic E-state index is -0.238. The highest BCUT2D eigenvalue weighted by molar-refractivity contribution is 7.14. The molecule has 0 spiro atoms. The normalized spacial score (nSPS) is 13.1. The number of anilines is 2. The van der Waals surface area contributed by atoms with E-state index in [4.69, 9.17) is 4.74 Å². The van der Waals surface area contributed by atoms with Crippen molar-refractivity contribution < 1.29 is 14.3 Å². The maximum absolute atomic E-state index is 12.2. The fourth-order valence-corrected chi connectivity index (χ4v) is 3.28. The summed E-state index contributed by atoms with van der Waals surface area (Å²) in [5, 5.41) is 5.13. The highest BCUT2D eigenvalue weighted by Gasteiger charge is 2.23. The number of likely N-dealkylation sites (N-methyl/N-ethyl adjacent to an activating group) is 1. The van der Waals surface area contributed by atoms with Crippen LogP contribution in [0.25, 0.3) is 11.3 Å². The summed E-state index contributed by atoms with van der Waals surface area (Å²) in [6.45, 7) is 0.0464. The van der Waals surface area contributed by atoms with E-state index in [1.165, 1.54) is 11.3 Å². The molecule has 1 aliphatic heterocycles. The molecule has 130 valence electrons. The van der Waals surface area contributed by atoms with Crippen LogP contribution in [0.3, 0.4) is 0 Å². The molecule has 2 amide bonds. The number of pyridine rings is 1. The second-order valence-electron chi connectivity index (χ2n) is 5.65. The van der Waals surface area contributed by atoms with Crippen molar-refractivity contribution in [2.45, 2.75) is 0 Å². The number of rotatable bonds is 3. The number of carbonyl (C=O) groups is 2. The third-order valence-electron chi connectivity index (χ3n) is 4.01. The van der Waals surface area contributed by atoms with E-state index in [0.717, 1.165) is 5.56 Å². The zero-order valence-corrected chi connectivity index (χ0v) is 14.6. The van der Waals surface area contributed by atoms with E-state index in [9.17, 15) is 9.59 Å². The highest BCUT2D eigenvalue weighted by Crippen LogP contribution is 2.36. The summed E-state index contributed by atoms with van der Waals surface area (Å²) in [6.07, 6.45) is 3.13. The van der Waals surface area contributed by atoms with Gasteiger partial charge in [0, 0.05) is 35.9 Å². The van der Waals surface area contributed by atoms with Crippen LogP contribution in [0, 0.1) is 0 Å². The molecule has 0 saturated carbocycles. The van der Waals surface area contributed by atoms with Crippen LogP contribution < -0.4 is 15.0 Å². The molecule has 1 aromatic carbocycles. The van der Waals surface area contributed by atoms with E-state index in [1.807, 2.05) is 23.6 Å². The lowest BCUT2D eigenvalue weighted by molar-refractivity contribution is -0.120. The van der Waals surface area contributed by atoms with Crippen molar-refractivity contribution in [2.24, 2.45) is 0 Å². The van der Waals surface area contributed by atoms with Gasteiger partial charge in [0.1, 0.15) is 5.75 Å². The Balaban J connectivity index is 1.57. The molecular formula is C18H14N4O3S. The molecule has 1 aliphatic rings. The number of ether oxygens (including phenoxy) is 1. The van der Waals surface area contributed by atoms with Gasteiger partial charge in [-0.15, -0.1) is 11.3 Å². The molecule has 8 heteroatoms.